The number of carbonyl (C=O) groups excluding carboxylic acids is 13. The number of aromatic nitrogens is 9. The Morgan fingerprint density at radius 1 is 0.426 bits per heavy atom. The SMILES string of the molecule is CCOC(=O)c1c(C)c(C(=O)C(=O)NCC#N)c(C)n1C.CCOC(=O)c1c(C)c(C(=O)C(=O)O)c(C)n1C.Cc1c(C(=O)C(=O)NCC#N)c(C)n(C)c1C(=O)Nc1ccc(F)c(F)c1.Cc1c(C(=O)C(=O)NCC#N)c(C)n(C)c1C(=O)O.Cc1c(C(=O)C(=O)NCc2nn[nH]n2)c(C)n(C)c1C(=O)Nc1ccc(F)c(F)c1. The number of ketones is 5. The second-order valence-corrected chi connectivity index (χ2v) is 24.4. The first-order valence-corrected chi connectivity index (χ1v) is 33.7. The van der Waals surface area contributed by atoms with Gasteiger partial charge < -0.3 is 74.4 Å². The number of carbonyl (C=O) groups is 15. The van der Waals surface area contributed by atoms with Gasteiger partial charge in [-0.05, 0) is 135 Å². The van der Waals surface area contributed by atoms with Crippen LogP contribution in [0.4, 0.5) is 28.9 Å². The van der Waals surface area contributed by atoms with E-state index in [1.807, 2.05) is 0 Å². The number of halogens is 4. The molecule has 0 aliphatic rings. The molecule has 37 nitrogen and oxygen atoms in total. The Hall–Kier alpha value is -14.9. The van der Waals surface area contributed by atoms with E-state index in [0.29, 0.717) is 39.6 Å². The van der Waals surface area contributed by atoms with Gasteiger partial charge in [-0.25, -0.2) is 36.7 Å². The maximum Gasteiger partial charge on any atom is 0.377 e. The Bertz CT molecular complexity index is 5400. The summed E-state index contributed by atoms with van der Waals surface area (Å²) in [5, 5.41) is 69.7. The number of H-pyrrole nitrogens is 1. The van der Waals surface area contributed by atoms with Crippen molar-refractivity contribution in [1.82, 2.24) is 64.7 Å². The van der Waals surface area contributed by atoms with E-state index in [-0.39, 0.29) is 130 Å². The van der Waals surface area contributed by atoms with Crippen molar-refractivity contribution in [1.29, 1.82) is 15.8 Å². The highest BCUT2D eigenvalue weighted by atomic mass is 19.2. The number of anilines is 2. The molecule has 606 valence electrons. The number of nitrogens with zero attached hydrogens (tertiary/aromatic N) is 11. The summed E-state index contributed by atoms with van der Waals surface area (Å²) in [5.41, 5.74) is 4.67. The van der Waals surface area contributed by atoms with Crippen molar-refractivity contribution >= 4 is 99.6 Å². The van der Waals surface area contributed by atoms with Gasteiger partial charge in [-0.15, -0.1) is 10.2 Å². The Morgan fingerprint density at radius 3 is 0.983 bits per heavy atom. The molecule has 0 spiro atoms. The van der Waals surface area contributed by atoms with Gasteiger partial charge in [-0.3, -0.25) is 52.7 Å². The number of rotatable bonds is 24. The second-order valence-electron chi connectivity index (χ2n) is 24.4. The number of hydrogen-bond donors (Lipinski definition) is 9. The predicted molar refractivity (Wildman–Crippen MR) is 393 cm³/mol. The van der Waals surface area contributed by atoms with Crippen molar-refractivity contribution in [3.05, 3.63) is 178 Å². The summed E-state index contributed by atoms with van der Waals surface area (Å²) in [6, 6.07) is 10.9. The van der Waals surface area contributed by atoms with Gasteiger partial charge in [0.2, 0.25) is 0 Å². The quantitative estimate of drug-likeness (QED) is 0.0125. The van der Waals surface area contributed by atoms with Crippen LogP contribution in [0.1, 0.15) is 180 Å². The minimum absolute atomic E-state index is 0.0334. The minimum atomic E-state index is -1.54. The van der Waals surface area contributed by atoms with Crippen LogP contribution in [0.2, 0.25) is 0 Å². The van der Waals surface area contributed by atoms with Gasteiger partial charge in [0, 0.05) is 87.2 Å². The number of benzene rings is 2. The molecule has 2 aromatic carbocycles. The lowest BCUT2D eigenvalue weighted by atomic mass is 10.0. The van der Waals surface area contributed by atoms with Crippen LogP contribution in [0.3, 0.4) is 0 Å². The average Bonchev–Trinajstić information content (AvgIpc) is 1.66. The molecule has 0 radical (unpaired) electrons. The van der Waals surface area contributed by atoms with Crippen LogP contribution in [0, 0.1) is 126 Å². The summed E-state index contributed by atoms with van der Waals surface area (Å²) < 4.78 is 69.8. The van der Waals surface area contributed by atoms with E-state index < -0.39 is 112 Å². The number of Topliss-reactive ketones (excluding diaryl/α,β-unsaturated/α-hetero) is 5. The Morgan fingerprint density at radius 2 is 0.713 bits per heavy atom. The van der Waals surface area contributed by atoms with Crippen molar-refractivity contribution in [3.63, 3.8) is 0 Å². The number of aromatic carboxylic acids is 1. The molecule has 115 heavy (non-hydrogen) atoms. The topological polar surface area (TPSA) is 538 Å². The number of tetrazole rings is 1. The first kappa shape index (κ1) is 92.5. The van der Waals surface area contributed by atoms with Crippen LogP contribution in [-0.4, -0.2) is 175 Å². The minimum Gasteiger partial charge on any atom is -0.477 e. The highest BCUT2D eigenvalue weighted by Gasteiger charge is 2.34. The fourth-order valence-corrected chi connectivity index (χ4v) is 11.7. The standard InChI is InChI=1S/C18H17F2N7O3.C18H16F2N4O3.C14H17N3O4.C12H13N3O4.C12H15NO5/c1-8-14(16(28)18(30)21-7-13-23-25-26-24-13)9(2)27(3)15(8)17(29)22-10-4-5-11(19)12(20)6-10;1-9-14(16(25)18(27)22-7-6-21)10(2)24(3)15(9)17(26)23-11-4-5-12(19)13(20)8-11;1-5-21-14(20)11-8(2)10(9(3)17(11)4)12(18)13(19)16-7-6-15;1-6-8(10(16)11(17)14-5-4-13)7(2)15(3)9(6)12(18)19;1-5-18-12(17)9-6(2)8(7(3)13(9)4)10(14)11(15)16/h4-6H,7H2,1-3H3,(H,21,30)(H,22,29)(H,23,24,25,26);4-5,8H,7H2,1-3H3,(H,22,27)(H,23,26);5,7H2,1-4H3,(H,16,19);5H2,1-3H3,(H,14,17)(H,18,19);5H2,1-4H3,(H,15,16). The first-order valence-electron chi connectivity index (χ1n) is 33.7. The molecule has 8 rings (SSSR count). The number of carboxylic acid groups (broad SMARTS) is 2. The van der Waals surface area contributed by atoms with Crippen LogP contribution in [0.15, 0.2) is 36.4 Å². The summed E-state index contributed by atoms with van der Waals surface area (Å²) in [6.45, 7) is 18.4. The van der Waals surface area contributed by atoms with E-state index >= 15 is 0 Å². The molecular weight excluding hydrogens is 1520 g/mol. The van der Waals surface area contributed by atoms with Gasteiger partial charge in [0.05, 0.1) is 65.8 Å². The number of aliphatic carboxylic acids is 1. The Labute approximate surface area is 651 Å². The fourth-order valence-electron chi connectivity index (χ4n) is 11.7. The number of hydrogen-bond acceptors (Lipinski definition) is 23. The third-order valence-electron chi connectivity index (χ3n) is 17.5. The number of nitriles is 3. The molecule has 6 amide bonds. The molecule has 41 heteroatoms. The van der Waals surface area contributed by atoms with Crippen LogP contribution < -0.4 is 31.9 Å². The highest BCUT2D eigenvalue weighted by Crippen LogP contribution is 2.29. The number of ether oxygens (including phenoxy) is 2. The van der Waals surface area contributed by atoms with E-state index in [0.717, 1.165) is 24.3 Å². The van der Waals surface area contributed by atoms with Gasteiger partial charge >= 0.3 is 23.9 Å². The maximum atomic E-state index is 13.4. The molecule has 0 aliphatic carbocycles. The lowest BCUT2D eigenvalue weighted by molar-refractivity contribution is -0.132. The first-order chi connectivity index (χ1) is 53.9. The molecule has 6 heterocycles. The predicted octanol–water partition coefficient (Wildman–Crippen LogP) is 5.07. The van der Waals surface area contributed by atoms with Crippen LogP contribution in [-0.2, 0) is 75.2 Å². The molecule has 9 N–H and O–H groups in total. The third kappa shape index (κ3) is 21.4. The number of aromatic amines is 1. The van der Waals surface area contributed by atoms with Gasteiger partial charge in [-0.2, -0.15) is 21.0 Å². The van der Waals surface area contributed by atoms with Crippen molar-refractivity contribution in [2.75, 3.05) is 43.5 Å². The lowest BCUT2D eigenvalue weighted by Crippen LogP contribution is -2.31. The Kier molecular flexibility index (Phi) is 32.8. The zero-order valence-corrected chi connectivity index (χ0v) is 65.0. The molecule has 0 fully saturated rings. The van der Waals surface area contributed by atoms with Crippen LogP contribution >= 0.6 is 0 Å². The van der Waals surface area contributed by atoms with Gasteiger partial charge in [-0.1, -0.05) is 5.21 Å². The van der Waals surface area contributed by atoms with Crippen molar-refractivity contribution in [3.8, 4) is 18.2 Å². The molecule has 0 aliphatic heterocycles. The monoisotopic (exact) mass is 1600 g/mol. The van der Waals surface area contributed by atoms with Crippen LogP contribution in [0.25, 0.3) is 0 Å². The summed E-state index contributed by atoms with van der Waals surface area (Å²) in [4.78, 5) is 179. The zero-order chi connectivity index (χ0) is 87.2. The number of carboxylic acids is 2. The molecule has 0 atom stereocenters. The number of amides is 6. The molecule has 0 bridgehead atoms. The summed E-state index contributed by atoms with van der Waals surface area (Å²) in [5.74, 6) is -17.2. The van der Waals surface area contributed by atoms with E-state index in [1.54, 1.807) is 94.7 Å². The van der Waals surface area contributed by atoms with Crippen LogP contribution in [0.5, 0.6) is 0 Å². The molecule has 0 saturated heterocycles. The fraction of sp³-hybridized carbons (Fsp3) is 0.311. The van der Waals surface area contributed by atoms with Crippen molar-refractivity contribution in [2.45, 2.75) is 89.6 Å². The summed E-state index contributed by atoms with van der Waals surface area (Å²) in [6.07, 6.45) is 0. The molecular formula is C74H78F4N18O19. The van der Waals surface area contributed by atoms with E-state index in [1.165, 1.54) is 76.8 Å². The average molecular weight is 1600 g/mol. The largest absolute Gasteiger partial charge is 0.477 e. The van der Waals surface area contributed by atoms with E-state index in [9.17, 15) is 89.5 Å². The molecule has 0 saturated carbocycles. The van der Waals surface area contributed by atoms with Gasteiger partial charge in [0.15, 0.2) is 29.1 Å². The molecule has 0 unspecified atom stereocenters. The second kappa shape index (κ2) is 40.7. The smallest absolute Gasteiger partial charge is 0.377 e. The molecule has 8 aromatic rings. The van der Waals surface area contributed by atoms with Gasteiger partial charge in [0.1, 0.15) is 48.1 Å². The van der Waals surface area contributed by atoms with E-state index in [2.05, 4.69) is 52.5 Å². The zero-order valence-electron chi connectivity index (χ0n) is 65.0. The Balaban J connectivity index is 0.000000307. The van der Waals surface area contributed by atoms with E-state index in [4.69, 9.17) is 35.5 Å². The lowest BCUT2D eigenvalue weighted by Gasteiger charge is -2.08. The van der Waals surface area contributed by atoms with Crippen molar-refractivity contribution < 1.29 is 109 Å². The highest BCUT2D eigenvalue weighted by molar-refractivity contribution is 6.45. The third-order valence-corrected chi connectivity index (χ3v) is 17.5. The maximum absolute atomic E-state index is 13.4. The van der Waals surface area contributed by atoms with Crippen molar-refractivity contribution in [2.24, 2.45) is 35.2 Å². The number of nitrogens with one attached hydrogen (secondary N) is 7. The number of esters is 2. The summed E-state index contributed by atoms with van der Waals surface area (Å²) in [7, 11) is 7.81. The molecule has 6 aromatic heterocycles. The normalized spacial score (nSPS) is 10.2. The van der Waals surface area contributed by atoms with Gasteiger partial charge in [0.25, 0.3) is 64.4 Å². The summed E-state index contributed by atoms with van der Waals surface area (Å²) >= 11 is 0.